The van der Waals surface area contributed by atoms with E-state index in [2.05, 4.69) is 20.2 Å². The molecule has 2 heterocycles. The summed E-state index contributed by atoms with van der Waals surface area (Å²) in [6, 6.07) is 0. The highest BCUT2D eigenvalue weighted by molar-refractivity contribution is 4.97. The Labute approximate surface area is 103 Å². The van der Waals surface area contributed by atoms with Crippen LogP contribution in [0.25, 0.3) is 0 Å². The van der Waals surface area contributed by atoms with E-state index in [9.17, 15) is 20.2 Å². The smallest absolute Gasteiger partial charge is 0.390 e. The molecule has 0 saturated heterocycles. The molecule has 100 valence electrons. The second-order valence-corrected chi connectivity index (χ2v) is 3.14. The minimum atomic E-state index is -0.739. The quantitative estimate of drug-likeness (QED) is 0.489. The molecule has 0 aliphatic carbocycles. The van der Waals surface area contributed by atoms with Gasteiger partial charge in [0.2, 0.25) is 12.7 Å². The molecule has 13 heteroatoms. The van der Waals surface area contributed by atoms with E-state index in [0.717, 1.165) is 22.0 Å². The molecular formula is C6H6N8O5. The number of ether oxygens (including phenoxy) is 1. The Morgan fingerprint density at radius 1 is 1.00 bits per heavy atom. The maximum atomic E-state index is 10.3. The van der Waals surface area contributed by atoms with Crippen molar-refractivity contribution in [2.75, 3.05) is 0 Å². The summed E-state index contributed by atoms with van der Waals surface area (Å²) in [6.45, 7) is -0.233. The molecule has 0 aliphatic heterocycles. The van der Waals surface area contributed by atoms with Crippen LogP contribution in [-0.2, 0) is 18.2 Å². The third-order valence-electron chi connectivity index (χ3n) is 1.82. The Morgan fingerprint density at radius 3 is 1.74 bits per heavy atom. The van der Waals surface area contributed by atoms with Gasteiger partial charge >= 0.3 is 11.9 Å². The Balaban J connectivity index is 1.85. The van der Waals surface area contributed by atoms with Gasteiger partial charge in [0.25, 0.3) is 0 Å². The van der Waals surface area contributed by atoms with Crippen molar-refractivity contribution in [3.63, 3.8) is 0 Å². The predicted molar refractivity (Wildman–Crippen MR) is 54.4 cm³/mol. The summed E-state index contributed by atoms with van der Waals surface area (Å²) in [6.07, 6.45) is 2.25. The zero-order chi connectivity index (χ0) is 13.8. The highest BCUT2D eigenvalue weighted by atomic mass is 16.6. The van der Waals surface area contributed by atoms with Crippen LogP contribution in [0, 0.1) is 20.2 Å². The maximum absolute atomic E-state index is 10.3. The first-order valence-corrected chi connectivity index (χ1v) is 4.71. The summed E-state index contributed by atoms with van der Waals surface area (Å²) < 4.78 is 7.27. The minimum absolute atomic E-state index is 0.117. The fourth-order valence-electron chi connectivity index (χ4n) is 1.09. The van der Waals surface area contributed by atoms with Gasteiger partial charge in [0, 0.05) is 10.2 Å². The van der Waals surface area contributed by atoms with Crippen molar-refractivity contribution in [2.45, 2.75) is 13.5 Å². The average molecular weight is 270 g/mol. The van der Waals surface area contributed by atoms with E-state index in [1.807, 2.05) is 0 Å². The summed E-state index contributed by atoms with van der Waals surface area (Å²) in [5.41, 5.74) is 0. The lowest BCUT2D eigenvalue weighted by Gasteiger charge is -1.98. The van der Waals surface area contributed by atoms with Gasteiger partial charge in [-0.15, -0.1) is 9.36 Å². The van der Waals surface area contributed by atoms with Gasteiger partial charge in [0.05, 0.1) is 0 Å². The number of rotatable bonds is 6. The first-order chi connectivity index (χ1) is 9.06. The molecular weight excluding hydrogens is 264 g/mol. The molecule has 13 nitrogen and oxygen atoms in total. The normalized spacial score (nSPS) is 10.5. The summed E-state index contributed by atoms with van der Waals surface area (Å²) >= 11 is 0. The number of hydrogen-bond acceptors (Lipinski definition) is 9. The molecule has 0 bridgehead atoms. The zero-order valence-electron chi connectivity index (χ0n) is 9.19. The molecule has 2 aromatic heterocycles. The number of nitro groups is 2. The zero-order valence-corrected chi connectivity index (χ0v) is 9.19. The highest BCUT2D eigenvalue weighted by Gasteiger charge is 2.14. The van der Waals surface area contributed by atoms with Crippen molar-refractivity contribution in [3.05, 3.63) is 32.9 Å². The molecule has 2 rings (SSSR count). The Hall–Kier alpha value is -2.96. The van der Waals surface area contributed by atoms with Crippen LogP contribution in [-0.4, -0.2) is 39.4 Å². The SMILES string of the molecule is O=[N+]([O-])c1ncn(COCn2cnc([N+](=O)[O-])n2)n1. The molecule has 2 aromatic rings. The Morgan fingerprint density at radius 2 is 1.42 bits per heavy atom. The van der Waals surface area contributed by atoms with Crippen molar-refractivity contribution >= 4 is 11.9 Å². The van der Waals surface area contributed by atoms with E-state index < -0.39 is 21.7 Å². The molecule has 0 aliphatic rings. The molecule has 0 fully saturated rings. The van der Waals surface area contributed by atoms with E-state index in [4.69, 9.17) is 4.74 Å². The van der Waals surface area contributed by atoms with Crippen LogP contribution in [0.15, 0.2) is 12.7 Å². The van der Waals surface area contributed by atoms with Gasteiger partial charge in [-0.2, -0.15) is 0 Å². The molecule has 0 saturated carbocycles. The summed E-state index contributed by atoms with van der Waals surface area (Å²) in [4.78, 5) is 26.0. The van der Waals surface area contributed by atoms with Crippen molar-refractivity contribution in [2.24, 2.45) is 0 Å². The van der Waals surface area contributed by atoms with E-state index in [0.29, 0.717) is 0 Å². The molecule has 0 atom stereocenters. The van der Waals surface area contributed by atoms with Crippen LogP contribution in [0.4, 0.5) is 11.9 Å². The van der Waals surface area contributed by atoms with Gasteiger partial charge in [0.1, 0.15) is 0 Å². The molecule has 0 N–H and O–H groups in total. The number of aromatic nitrogens is 6. The van der Waals surface area contributed by atoms with E-state index in [1.165, 1.54) is 0 Å². The van der Waals surface area contributed by atoms with Gasteiger partial charge < -0.3 is 25.0 Å². The second kappa shape index (κ2) is 5.13. The van der Waals surface area contributed by atoms with Crippen LogP contribution in [0.5, 0.6) is 0 Å². The second-order valence-electron chi connectivity index (χ2n) is 3.14. The fraction of sp³-hybridized carbons (Fsp3) is 0.333. The predicted octanol–water partition coefficient (Wildman–Crippen LogP) is -0.682. The lowest BCUT2D eigenvalue weighted by atomic mass is 11.1. The largest absolute Gasteiger partial charge is 0.491 e. The topological polar surface area (TPSA) is 157 Å². The van der Waals surface area contributed by atoms with Gasteiger partial charge in [-0.1, -0.05) is 9.97 Å². The molecule has 0 unspecified atom stereocenters. The number of hydrogen-bond donors (Lipinski definition) is 0. The third-order valence-corrected chi connectivity index (χ3v) is 1.82. The van der Waals surface area contributed by atoms with Gasteiger partial charge in [0.15, 0.2) is 13.5 Å². The Kier molecular flexibility index (Phi) is 3.37. The van der Waals surface area contributed by atoms with Crippen molar-refractivity contribution in [1.29, 1.82) is 0 Å². The van der Waals surface area contributed by atoms with Gasteiger partial charge in [-0.05, 0) is 9.85 Å². The van der Waals surface area contributed by atoms with E-state index >= 15 is 0 Å². The van der Waals surface area contributed by atoms with E-state index in [1.54, 1.807) is 0 Å². The van der Waals surface area contributed by atoms with Crippen molar-refractivity contribution in [1.82, 2.24) is 29.5 Å². The molecule has 0 aromatic carbocycles. The van der Waals surface area contributed by atoms with Crippen molar-refractivity contribution < 1.29 is 14.6 Å². The van der Waals surface area contributed by atoms with Crippen LogP contribution >= 0.6 is 0 Å². The number of nitrogens with zero attached hydrogens (tertiary/aromatic N) is 8. The standard InChI is InChI=1S/C6H6N8O5/c15-13(16)5-7-1-11(9-5)3-19-4-12-2-8-6(10-12)14(17)18/h1-2H,3-4H2. The monoisotopic (exact) mass is 270 g/mol. The summed E-state index contributed by atoms with van der Waals surface area (Å²) in [5, 5.41) is 27.6. The molecule has 0 amide bonds. The minimum Gasteiger partial charge on any atom is -0.390 e. The first-order valence-electron chi connectivity index (χ1n) is 4.71. The van der Waals surface area contributed by atoms with Crippen molar-refractivity contribution in [3.8, 4) is 0 Å². The van der Waals surface area contributed by atoms with Gasteiger partial charge in [-0.3, -0.25) is 0 Å². The van der Waals surface area contributed by atoms with Gasteiger partial charge in [-0.25, -0.2) is 0 Å². The fourth-order valence-corrected chi connectivity index (χ4v) is 1.09. The van der Waals surface area contributed by atoms with Crippen LogP contribution < -0.4 is 0 Å². The molecule has 0 spiro atoms. The summed E-state index contributed by atoms with van der Waals surface area (Å²) in [7, 11) is 0. The third kappa shape index (κ3) is 3.03. The maximum Gasteiger partial charge on any atom is 0.491 e. The van der Waals surface area contributed by atoms with E-state index in [-0.39, 0.29) is 13.5 Å². The Bertz CT molecular complexity index is 552. The first kappa shape index (κ1) is 12.5. The molecule has 0 radical (unpaired) electrons. The van der Waals surface area contributed by atoms with Crippen LogP contribution in [0.2, 0.25) is 0 Å². The highest BCUT2D eigenvalue weighted by Crippen LogP contribution is 2.01. The molecule has 19 heavy (non-hydrogen) atoms. The lowest BCUT2D eigenvalue weighted by molar-refractivity contribution is -0.394. The van der Waals surface area contributed by atoms with Crippen LogP contribution in [0.3, 0.4) is 0 Å². The van der Waals surface area contributed by atoms with Crippen LogP contribution in [0.1, 0.15) is 0 Å². The lowest BCUT2D eigenvalue weighted by Crippen LogP contribution is -2.08. The summed E-state index contributed by atoms with van der Waals surface area (Å²) in [5.74, 6) is -1.08. The average Bonchev–Trinajstić information content (AvgIpc) is 2.97.